The molecule has 1 unspecified atom stereocenters. The van der Waals surface area contributed by atoms with Gasteiger partial charge in [-0.3, -0.25) is 4.79 Å². The van der Waals surface area contributed by atoms with Crippen molar-refractivity contribution in [2.24, 2.45) is 5.92 Å². The SMILES string of the molecule is CC(C)[C@H](NC(=O)C1Cc2cc(Cl)ccc2O1)c1nc2ccccc2[nH]1. The molecule has 0 radical (unpaired) electrons. The van der Waals surface area contributed by atoms with E-state index in [1.165, 1.54) is 0 Å². The van der Waals surface area contributed by atoms with Gasteiger partial charge in [0.05, 0.1) is 17.1 Å². The zero-order valence-corrected chi connectivity index (χ0v) is 15.4. The van der Waals surface area contributed by atoms with Crippen molar-refractivity contribution in [3.8, 4) is 5.75 Å². The van der Waals surface area contributed by atoms with Gasteiger partial charge in [-0.25, -0.2) is 4.98 Å². The summed E-state index contributed by atoms with van der Waals surface area (Å²) in [6.07, 6.45) is -0.0266. The lowest BCUT2D eigenvalue weighted by molar-refractivity contribution is -0.128. The molecule has 2 N–H and O–H groups in total. The average molecular weight is 370 g/mol. The Bertz CT molecular complexity index is 934. The second kappa shape index (κ2) is 6.65. The highest BCUT2D eigenvalue weighted by Gasteiger charge is 2.32. The van der Waals surface area contributed by atoms with Crippen molar-refractivity contribution in [3.63, 3.8) is 0 Å². The molecule has 26 heavy (non-hydrogen) atoms. The molecular formula is C20H20ClN3O2. The normalized spacial score (nSPS) is 17.2. The number of para-hydroxylation sites is 2. The molecule has 1 amide bonds. The number of aromatic amines is 1. The van der Waals surface area contributed by atoms with Gasteiger partial charge in [0.2, 0.25) is 0 Å². The fraction of sp³-hybridized carbons (Fsp3) is 0.300. The van der Waals surface area contributed by atoms with Crippen LogP contribution in [0.15, 0.2) is 42.5 Å². The maximum atomic E-state index is 12.8. The molecule has 0 saturated heterocycles. The van der Waals surface area contributed by atoms with Gasteiger partial charge in [-0.2, -0.15) is 0 Å². The van der Waals surface area contributed by atoms with E-state index in [1.54, 1.807) is 6.07 Å². The third-order valence-electron chi connectivity index (χ3n) is 4.66. The molecule has 1 aliphatic heterocycles. The third kappa shape index (κ3) is 3.15. The highest BCUT2D eigenvalue weighted by molar-refractivity contribution is 6.30. The second-order valence-electron chi connectivity index (χ2n) is 6.93. The van der Waals surface area contributed by atoms with E-state index in [2.05, 4.69) is 29.1 Å². The standard InChI is InChI=1S/C20H20ClN3O2/c1-11(2)18(19-22-14-5-3-4-6-15(14)23-19)24-20(25)17-10-12-9-13(21)7-8-16(12)26-17/h3-9,11,17-18H,10H2,1-2H3,(H,22,23)(H,24,25)/t17?,18-/m0/s1. The predicted octanol–water partition coefficient (Wildman–Crippen LogP) is 4.03. The molecule has 0 bridgehead atoms. The first kappa shape index (κ1) is 16.9. The average Bonchev–Trinajstić information content (AvgIpc) is 3.22. The first-order valence-corrected chi connectivity index (χ1v) is 9.09. The van der Waals surface area contributed by atoms with Gasteiger partial charge >= 0.3 is 0 Å². The van der Waals surface area contributed by atoms with Crippen LogP contribution in [-0.4, -0.2) is 22.0 Å². The summed E-state index contributed by atoms with van der Waals surface area (Å²) >= 11 is 6.03. The minimum Gasteiger partial charge on any atom is -0.480 e. The predicted molar refractivity (Wildman–Crippen MR) is 101 cm³/mol. The number of carbonyl (C=O) groups is 1. The molecule has 0 aliphatic carbocycles. The number of rotatable bonds is 4. The number of benzene rings is 2. The Morgan fingerprint density at radius 2 is 2.12 bits per heavy atom. The Balaban J connectivity index is 1.53. The summed E-state index contributed by atoms with van der Waals surface area (Å²) in [5, 5.41) is 3.74. The summed E-state index contributed by atoms with van der Waals surface area (Å²) in [4.78, 5) is 20.7. The number of hydrogen-bond acceptors (Lipinski definition) is 3. The molecule has 0 fully saturated rings. The van der Waals surface area contributed by atoms with Crippen molar-refractivity contribution in [2.75, 3.05) is 0 Å². The van der Waals surface area contributed by atoms with Gasteiger partial charge in [0.25, 0.3) is 5.91 Å². The van der Waals surface area contributed by atoms with E-state index in [1.807, 2.05) is 36.4 Å². The van der Waals surface area contributed by atoms with Crippen LogP contribution in [0.4, 0.5) is 0 Å². The lowest BCUT2D eigenvalue weighted by Gasteiger charge is -2.22. The van der Waals surface area contributed by atoms with Gasteiger partial charge in [0.1, 0.15) is 11.6 Å². The van der Waals surface area contributed by atoms with E-state index in [4.69, 9.17) is 16.3 Å². The topological polar surface area (TPSA) is 67.0 Å². The summed E-state index contributed by atoms with van der Waals surface area (Å²) in [5.41, 5.74) is 2.81. The fourth-order valence-electron chi connectivity index (χ4n) is 3.28. The lowest BCUT2D eigenvalue weighted by Crippen LogP contribution is -2.41. The molecule has 5 nitrogen and oxygen atoms in total. The summed E-state index contributed by atoms with van der Waals surface area (Å²) in [7, 11) is 0. The van der Waals surface area contributed by atoms with Crippen molar-refractivity contribution < 1.29 is 9.53 Å². The molecule has 2 heterocycles. The summed E-state index contributed by atoms with van der Waals surface area (Å²) in [5.74, 6) is 1.52. The highest BCUT2D eigenvalue weighted by atomic mass is 35.5. The first-order valence-electron chi connectivity index (χ1n) is 8.71. The van der Waals surface area contributed by atoms with E-state index in [0.29, 0.717) is 11.4 Å². The van der Waals surface area contributed by atoms with Crippen LogP contribution in [0.25, 0.3) is 11.0 Å². The summed E-state index contributed by atoms with van der Waals surface area (Å²) in [6.45, 7) is 4.12. The monoisotopic (exact) mass is 369 g/mol. The van der Waals surface area contributed by atoms with E-state index in [9.17, 15) is 4.79 Å². The van der Waals surface area contributed by atoms with Crippen molar-refractivity contribution in [3.05, 3.63) is 58.9 Å². The fourth-order valence-corrected chi connectivity index (χ4v) is 3.47. The number of hydrogen-bond donors (Lipinski definition) is 2. The number of H-pyrrole nitrogens is 1. The number of imidazole rings is 1. The Labute approximate surface area is 156 Å². The quantitative estimate of drug-likeness (QED) is 0.729. The van der Waals surface area contributed by atoms with E-state index >= 15 is 0 Å². The van der Waals surface area contributed by atoms with Gasteiger partial charge in [-0.15, -0.1) is 0 Å². The Morgan fingerprint density at radius 1 is 1.31 bits per heavy atom. The molecule has 6 heteroatoms. The van der Waals surface area contributed by atoms with Crippen LogP contribution in [0.5, 0.6) is 5.75 Å². The molecule has 1 aliphatic rings. The number of halogens is 1. The number of fused-ring (bicyclic) bond motifs is 2. The molecule has 134 valence electrons. The number of carbonyl (C=O) groups excluding carboxylic acids is 1. The van der Waals surface area contributed by atoms with Crippen molar-refractivity contribution >= 4 is 28.5 Å². The zero-order chi connectivity index (χ0) is 18.3. The lowest BCUT2D eigenvalue weighted by atomic mass is 10.0. The number of aromatic nitrogens is 2. The van der Waals surface area contributed by atoms with E-state index < -0.39 is 6.10 Å². The Hall–Kier alpha value is -2.53. The van der Waals surface area contributed by atoms with Crippen LogP contribution in [0.1, 0.15) is 31.3 Å². The number of nitrogens with zero attached hydrogens (tertiary/aromatic N) is 1. The van der Waals surface area contributed by atoms with Crippen LogP contribution in [0.2, 0.25) is 5.02 Å². The highest BCUT2D eigenvalue weighted by Crippen LogP contribution is 2.31. The van der Waals surface area contributed by atoms with Crippen LogP contribution in [0.3, 0.4) is 0 Å². The molecule has 0 spiro atoms. The van der Waals surface area contributed by atoms with Gasteiger partial charge in [-0.1, -0.05) is 37.6 Å². The van der Waals surface area contributed by atoms with Crippen molar-refractivity contribution in [1.29, 1.82) is 0 Å². The van der Waals surface area contributed by atoms with Gasteiger partial charge < -0.3 is 15.0 Å². The zero-order valence-electron chi connectivity index (χ0n) is 14.6. The van der Waals surface area contributed by atoms with Crippen LogP contribution >= 0.6 is 11.6 Å². The Kier molecular flexibility index (Phi) is 4.32. The smallest absolute Gasteiger partial charge is 0.262 e. The summed E-state index contributed by atoms with van der Waals surface area (Å²) in [6, 6.07) is 13.1. The molecule has 4 rings (SSSR count). The van der Waals surface area contributed by atoms with Crippen molar-refractivity contribution in [2.45, 2.75) is 32.4 Å². The molecule has 0 saturated carbocycles. The second-order valence-corrected chi connectivity index (χ2v) is 7.37. The number of ether oxygens (including phenoxy) is 1. The van der Waals surface area contributed by atoms with Crippen LogP contribution in [-0.2, 0) is 11.2 Å². The van der Waals surface area contributed by atoms with E-state index in [-0.39, 0.29) is 17.9 Å². The van der Waals surface area contributed by atoms with Gasteiger partial charge in [-0.05, 0) is 41.8 Å². The van der Waals surface area contributed by atoms with Crippen molar-refractivity contribution in [1.82, 2.24) is 15.3 Å². The molecule has 2 atom stereocenters. The minimum atomic E-state index is -0.547. The Morgan fingerprint density at radius 3 is 2.88 bits per heavy atom. The van der Waals surface area contributed by atoms with Crippen LogP contribution < -0.4 is 10.1 Å². The number of nitrogens with one attached hydrogen (secondary N) is 2. The molecule has 2 aromatic carbocycles. The minimum absolute atomic E-state index is 0.142. The van der Waals surface area contributed by atoms with Gasteiger partial charge in [0, 0.05) is 11.4 Å². The van der Waals surface area contributed by atoms with E-state index in [0.717, 1.165) is 28.2 Å². The maximum absolute atomic E-state index is 12.8. The third-order valence-corrected chi connectivity index (χ3v) is 4.89. The first-order chi connectivity index (χ1) is 12.5. The maximum Gasteiger partial charge on any atom is 0.262 e. The molecule has 3 aromatic rings. The number of amides is 1. The van der Waals surface area contributed by atoms with Crippen LogP contribution in [0, 0.1) is 5.92 Å². The van der Waals surface area contributed by atoms with Gasteiger partial charge in [0.15, 0.2) is 6.10 Å². The largest absolute Gasteiger partial charge is 0.480 e. The molecule has 1 aromatic heterocycles. The molecular weight excluding hydrogens is 350 g/mol. The summed E-state index contributed by atoms with van der Waals surface area (Å²) < 4.78 is 5.80.